The van der Waals surface area contributed by atoms with Gasteiger partial charge in [-0.25, -0.2) is 4.39 Å². The summed E-state index contributed by atoms with van der Waals surface area (Å²) < 4.78 is 13.4. The highest BCUT2D eigenvalue weighted by Gasteiger charge is 2.15. The summed E-state index contributed by atoms with van der Waals surface area (Å²) in [5.41, 5.74) is 0. The fourth-order valence-corrected chi connectivity index (χ4v) is 2.97. The summed E-state index contributed by atoms with van der Waals surface area (Å²) in [6.45, 7) is 1.93. The highest BCUT2D eigenvalue weighted by molar-refractivity contribution is 7.99. The summed E-state index contributed by atoms with van der Waals surface area (Å²) >= 11 is 1.39. The number of hydrogen-bond acceptors (Lipinski definition) is 3. The normalized spacial score (nSPS) is 16.3. The smallest absolute Gasteiger partial charge is 0.221 e. The molecule has 1 saturated heterocycles. The van der Waals surface area contributed by atoms with Crippen LogP contribution in [0.3, 0.4) is 0 Å². The molecule has 1 aliphatic rings. The van der Waals surface area contributed by atoms with Gasteiger partial charge in [-0.2, -0.15) is 0 Å². The second-order valence-electron chi connectivity index (χ2n) is 4.62. The van der Waals surface area contributed by atoms with Crippen LogP contribution in [0.5, 0.6) is 0 Å². The highest BCUT2D eigenvalue weighted by atomic mass is 32.2. The van der Waals surface area contributed by atoms with Crippen molar-refractivity contribution in [2.45, 2.75) is 30.2 Å². The molecule has 0 saturated carbocycles. The number of carbonyl (C=O) groups excluding carboxylic acids is 1. The highest BCUT2D eigenvalue weighted by Crippen LogP contribution is 2.21. The van der Waals surface area contributed by atoms with Gasteiger partial charge in [-0.15, -0.1) is 11.8 Å². The number of hydrogen-bond donors (Lipinski definition) is 2. The van der Waals surface area contributed by atoms with E-state index in [1.165, 1.54) is 17.8 Å². The second-order valence-corrected chi connectivity index (χ2v) is 5.76. The summed E-state index contributed by atoms with van der Waals surface area (Å²) in [5.74, 6) is 0.458. The van der Waals surface area contributed by atoms with Crippen molar-refractivity contribution in [1.82, 2.24) is 10.6 Å². The maximum Gasteiger partial charge on any atom is 0.221 e. The zero-order valence-corrected chi connectivity index (χ0v) is 11.6. The summed E-state index contributed by atoms with van der Waals surface area (Å²) in [5, 5.41) is 6.30. The van der Waals surface area contributed by atoms with E-state index in [4.69, 9.17) is 0 Å². The van der Waals surface area contributed by atoms with E-state index < -0.39 is 0 Å². The zero-order chi connectivity index (χ0) is 13.5. The fraction of sp³-hybridized carbons (Fsp3) is 0.500. The lowest BCUT2D eigenvalue weighted by Gasteiger charge is -2.23. The van der Waals surface area contributed by atoms with Gasteiger partial charge in [0.1, 0.15) is 5.82 Å². The summed E-state index contributed by atoms with van der Waals surface area (Å²) in [4.78, 5) is 12.4. The molecule has 0 aliphatic carbocycles. The monoisotopic (exact) mass is 282 g/mol. The summed E-state index contributed by atoms with van der Waals surface area (Å²) in [6, 6.07) is 6.96. The SMILES string of the molecule is O=C(CCSc1ccccc1F)NC1CCNCC1. The maximum absolute atomic E-state index is 13.4. The van der Waals surface area contributed by atoms with Crippen LogP contribution in [0, 0.1) is 5.82 Å². The first kappa shape index (κ1) is 14.3. The van der Waals surface area contributed by atoms with Crippen LogP contribution in [0.2, 0.25) is 0 Å². The third-order valence-corrected chi connectivity index (χ3v) is 4.18. The number of piperidine rings is 1. The van der Waals surface area contributed by atoms with Crippen LogP contribution in [-0.4, -0.2) is 30.8 Å². The number of halogens is 1. The van der Waals surface area contributed by atoms with Crippen LogP contribution in [0.25, 0.3) is 0 Å². The van der Waals surface area contributed by atoms with E-state index in [-0.39, 0.29) is 11.7 Å². The largest absolute Gasteiger partial charge is 0.353 e. The lowest BCUT2D eigenvalue weighted by molar-refractivity contribution is -0.121. The van der Waals surface area contributed by atoms with Gasteiger partial charge in [0.15, 0.2) is 0 Å². The Morgan fingerprint density at radius 2 is 2.11 bits per heavy atom. The van der Waals surface area contributed by atoms with Crippen LogP contribution in [-0.2, 0) is 4.79 Å². The zero-order valence-electron chi connectivity index (χ0n) is 10.8. The molecule has 2 N–H and O–H groups in total. The van der Waals surface area contributed by atoms with Gasteiger partial charge in [0, 0.05) is 23.1 Å². The predicted octanol–water partition coefficient (Wildman–Crippen LogP) is 2.18. The number of benzene rings is 1. The molecule has 1 aromatic carbocycles. The van der Waals surface area contributed by atoms with Crippen LogP contribution >= 0.6 is 11.8 Å². The number of thioether (sulfide) groups is 1. The molecule has 2 rings (SSSR count). The van der Waals surface area contributed by atoms with Gasteiger partial charge in [-0.3, -0.25) is 4.79 Å². The Hall–Kier alpha value is -1.07. The Labute approximate surface area is 117 Å². The van der Waals surface area contributed by atoms with Gasteiger partial charge >= 0.3 is 0 Å². The molecule has 0 aromatic heterocycles. The lowest BCUT2D eigenvalue weighted by atomic mass is 10.1. The molecule has 19 heavy (non-hydrogen) atoms. The molecule has 1 aliphatic heterocycles. The topological polar surface area (TPSA) is 41.1 Å². The molecule has 1 fully saturated rings. The Balaban J connectivity index is 1.67. The molecule has 0 bridgehead atoms. The van der Waals surface area contributed by atoms with Crippen molar-refractivity contribution < 1.29 is 9.18 Å². The van der Waals surface area contributed by atoms with E-state index in [1.54, 1.807) is 18.2 Å². The second kappa shape index (κ2) is 7.50. The molecule has 0 spiro atoms. The molecule has 0 atom stereocenters. The Morgan fingerprint density at radius 3 is 2.84 bits per heavy atom. The van der Waals surface area contributed by atoms with Gasteiger partial charge in [-0.05, 0) is 38.1 Å². The average Bonchev–Trinajstić information content (AvgIpc) is 2.42. The quantitative estimate of drug-likeness (QED) is 0.813. The van der Waals surface area contributed by atoms with E-state index in [9.17, 15) is 9.18 Å². The molecule has 1 amide bonds. The van der Waals surface area contributed by atoms with Gasteiger partial charge in [0.05, 0.1) is 0 Å². The lowest BCUT2D eigenvalue weighted by Crippen LogP contribution is -2.42. The van der Waals surface area contributed by atoms with E-state index in [2.05, 4.69) is 10.6 Å². The van der Waals surface area contributed by atoms with Crippen LogP contribution in [0.15, 0.2) is 29.2 Å². The molecule has 104 valence electrons. The third kappa shape index (κ3) is 4.84. The van der Waals surface area contributed by atoms with Gasteiger partial charge in [0.2, 0.25) is 5.91 Å². The number of carbonyl (C=O) groups is 1. The molecule has 0 unspecified atom stereocenters. The van der Waals surface area contributed by atoms with Crippen LogP contribution < -0.4 is 10.6 Å². The van der Waals surface area contributed by atoms with Crippen molar-refractivity contribution in [3.05, 3.63) is 30.1 Å². The maximum atomic E-state index is 13.4. The van der Waals surface area contributed by atoms with Gasteiger partial charge < -0.3 is 10.6 Å². The third-order valence-electron chi connectivity index (χ3n) is 3.13. The van der Waals surface area contributed by atoms with Crippen molar-refractivity contribution in [2.24, 2.45) is 0 Å². The van der Waals surface area contributed by atoms with E-state index in [1.807, 2.05) is 0 Å². The first-order valence-electron chi connectivity index (χ1n) is 6.63. The van der Waals surface area contributed by atoms with Crippen molar-refractivity contribution in [3.63, 3.8) is 0 Å². The molecule has 0 radical (unpaired) electrons. The first-order valence-corrected chi connectivity index (χ1v) is 7.61. The minimum atomic E-state index is -0.216. The summed E-state index contributed by atoms with van der Waals surface area (Å²) in [6.07, 6.45) is 2.42. The minimum Gasteiger partial charge on any atom is -0.353 e. The fourth-order valence-electron chi connectivity index (χ4n) is 2.08. The van der Waals surface area contributed by atoms with Crippen LogP contribution in [0.4, 0.5) is 4.39 Å². The molecule has 5 heteroatoms. The van der Waals surface area contributed by atoms with Crippen molar-refractivity contribution in [3.8, 4) is 0 Å². The first-order chi connectivity index (χ1) is 9.25. The minimum absolute atomic E-state index is 0.0655. The molecule has 1 heterocycles. The molecular formula is C14H19FN2OS. The Kier molecular flexibility index (Phi) is 5.66. The summed E-state index contributed by atoms with van der Waals surface area (Å²) in [7, 11) is 0. The van der Waals surface area contributed by atoms with Crippen molar-refractivity contribution in [1.29, 1.82) is 0 Å². The number of rotatable bonds is 5. The molecular weight excluding hydrogens is 263 g/mol. The van der Waals surface area contributed by atoms with E-state index in [0.29, 0.717) is 23.1 Å². The Bertz CT molecular complexity index is 422. The van der Waals surface area contributed by atoms with Crippen molar-refractivity contribution in [2.75, 3.05) is 18.8 Å². The van der Waals surface area contributed by atoms with Crippen LogP contribution in [0.1, 0.15) is 19.3 Å². The van der Waals surface area contributed by atoms with Crippen molar-refractivity contribution >= 4 is 17.7 Å². The molecule has 3 nitrogen and oxygen atoms in total. The van der Waals surface area contributed by atoms with E-state index >= 15 is 0 Å². The van der Waals surface area contributed by atoms with Gasteiger partial charge in [-0.1, -0.05) is 12.1 Å². The number of nitrogens with one attached hydrogen (secondary N) is 2. The number of amides is 1. The average molecular weight is 282 g/mol. The molecule has 1 aromatic rings. The predicted molar refractivity (Wildman–Crippen MR) is 75.8 cm³/mol. The Morgan fingerprint density at radius 1 is 1.37 bits per heavy atom. The van der Waals surface area contributed by atoms with E-state index in [0.717, 1.165) is 25.9 Å². The standard InChI is InChI=1S/C14H19FN2OS/c15-12-3-1-2-4-13(12)19-10-7-14(18)17-11-5-8-16-9-6-11/h1-4,11,16H,5-10H2,(H,17,18). The van der Waals surface area contributed by atoms with Gasteiger partial charge in [0.25, 0.3) is 0 Å².